The van der Waals surface area contributed by atoms with Crippen molar-refractivity contribution in [3.8, 4) is 0 Å². The maximum Gasteiger partial charge on any atom is 0.279 e. The van der Waals surface area contributed by atoms with Crippen LogP contribution in [-0.4, -0.2) is 12.5 Å². The summed E-state index contributed by atoms with van der Waals surface area (Å²) >= 11 is 0. The Morgan fingerprint density at radius 2 is 1.76 bits per heavy atom. The first kappa shape index (κ1) is 17.0. The molecule has 0 saturated carbocycles. The number of rotatable bonds is 5. The molecule has 3 N–H and O–H groups in total. The molecule has 5 heteroatoms. The summed E-state index contributed by atoms with van der Waals surface area (Å²) in [5.41, 5.74) is 1.37. The summed E-state index contributed by atoms with van der Waals surface area (Å²) in [7, 11) is 0. The standard InChI is InChI=1S/C20H18F2N2O/c1-13(15-7-9-18(21)19(22)11-15)23-12-20(25)24-17-8-6-14-4-2-3-5-16(14)10-17/h2-11,13,23H,12H2,1H3,(H,24,25)/p+1/t13-/m1/s1. The fraction of sp³-hybridized carbons (Fsp3) is 0.150. The smallest absolute Gasteiger partial charge is 0.279 e. The molecule has 0 radical (unpaired) electrons. The molecule has 0 saturated heterocycles. The number of quaternary nitrogens is 1. The normalized spacial score (nSPS) is 12.1. The largest absolute Gasteiger partial charge is 0.333 e. The molecule has 0 spiro atoms. The molecule has 0 heterocycles. The summed E-state index contributed by atoms with van der Waals surface area (Å²) < 4.78 is 26.3. The van der Waals surface area contributed by atoms with E-state index in [4.69, 9.17) is 0 Å². The van der Waals surface area contributed by atoms with Gasteiger partial charge in [-0.3, -0.25) is 4.79 Å². The molecule has 0 fully saturated rings. The molecule has 3 aromatic carbocycles. The third-order valence-corrected chi connectivity index (χ3v) is 4.16. The SMILES string of the molecule is C[C@@H]([NH2+]CC(=O)Nc1ccc2ccccc2c1)c1ccc(F)c(F)c1. The van der Waals surface area contributed by atoms with Crippen molar-refractivity contribution in [3.05, 3.63) is 77.9 Å². The van der Waals surface area contributed by atoms with E-state index in [1.807, 2.05) is 49.4 Å². The van der Waals surface area contributed by atoms with Crippen molar-refractivity contribution in [2.45, 2.75) is 13.0 Å². The molecule has 1 amide bonds. The van der Waals surface area contributed by atoms with Gasteiger partial charge in [0.2, 0.25) is 0 Å². The lowest BCUT2D eigenvalue weighted by molar-refractivity contribution is -0.682. The molecule has 3 nitrogen and oxygen atoms in total. The number of nitrogens with one attached hydrogen (secondary N) is 1. The summed E-state index contributed by atoms with van der Waals surface area (Å²) in [4.78, 5) is 12.1. The Kier molecular flexibility index (Phi) is 5.05. The minimum Gasteiger partial charge on any atom is -0.333 e. The van der Waals surface area contributed by atoms with Crippen LogP contribution in [0.15, 0.2) is 60.7 Å². The molecular formula is C20H19F2N2O+. The van der Waals surface area contributed by atoms with E-state index in [-0.39, 0.29) is 18.5 Å². The molecule has 0 unspecified atom stereocenters. The number of nitrogens with two attached hydrogens (primary N) is 1. The molecule has 0 aliphatic carbocycles. The lowest BCUT2D eigenvalue weighted by Gasteiger charge is -2.12. The topological polar surface area (TPSA) is 45.7 Å². The number of anilines is 1. The second-order valence-electron chi connectivity index (χ2n) is 6.01. The van der Waals surface area contributed by atoms with Crippen LogP contribution in [0.25, 0.3) is 10.8 Å². The van der Waals surface area contributed by atoms with Gasteiger partial charge in [0.15, 0.2) is 18.2 Å². The van der Waals surface area contributed by atoms with E-state index in [1.165, 1.54) is 6.07 Å². The number of benzene rings is 3. The summed E-state index contributed by atoms with van der Waals surface area (Å²) in [6, 6.07) is 17.3. The Morgan fingerprint density at radius 3 is 2.52 bits per heavy atom. The Hall–Kier alpha value is -2.79. The van der Waals surface area contributed by atoms with Crippen molar-refractivity contribution in [1.82, 2.24) is 0 Å². The van der Waals surface area contributed by atoms with Gasteiger partial charge in [0.1, 0.15) is 6.04 Å². The Balaban J connectivity index is 1.58. The second kappa shape index (κ2) is 7.40. The first-order valence-electron chi connectivity index (χ1n) is 8.10. The second-order valence-corrected chi connectivity index (χ2v) is 6.01. The van der Waals surface area contributed by atoms with Crippen molar-refractivity contribution in [1.29, 1.82) is 0 Å². The Morgan fingerprint density at radius 1 is 1.00 bits per heavy atom. The first-order chi connectivity index (χ1) is 12.0. The highest BCUT2D eigenvalue weighted by atomic mass is 19.2. The van der Waals surface area contributed by atoms with E-state index in [1.54, 1.807) is 5.32 Å². The highest BCUT2D eigenvalue weighted by Gasteiger charge is 2.14. The number of fused-ring (bicyclic) bond motifs is 1. The predicted molar refractivity (Wildman–Crippen MR) is 94.1 cm³/mol. The van der Waals surface area contributed by atoms with Gasteiger partial charge >= 0.3 is 0 Å². The van der Waals surface area contributed by atoms with Gasteiger partial charge in [0, 0.05) is 11.3 Å². The lowest BCUT2D eigenvalue weighted by Crippen LogP contribution is -2.86. The molecule has 1 atom stereocenters. The van der Waals surface area contributed by atoms with Crippen LogP contribution in [0, 0.1) is 11.6 Å². The lowest BCUT2D eigenvalue weighted by atomic mass is 10.1. The van der Waals surface area contributed by atoms with Gasteiger partial charge in [-0.25, -0.2) is 8.78 Å². The maximum atomic E-state index is 13.3. The zero-order valence-corrected chi connectivity index (χ0v) is 13.8. The molecule has 0 bridgehead atoms. The number of amides is 1. The van der Waals surface area contributed by atoms with E-state index < -0.39 is 11.6 Å². The zero-order chi connectivity index (χ0) is 17.8. The van der Waals surface area contributed by atoms with Gasteiger partial charge < -0.3 is 10.6 Å². The molecule has 0 aromatic heterocycles. The summed E-state index contributed by atoms with van der Waals surface area (Å²) in [5.74, 6) is -1.90. The number of hydrogen-bond donors (Lipinski definition) is 2. The molecule has 25 heavy (non-hydrogen) atoms. The molecule has 0 aliphatic heterocycles. The van der Waals surface area contributed by atoms with E-state index in [2.05, 4.69) is 5.32 Å². The van der Waals surface area contributed by atoms with E-state index in [9.17, 15) is 13.6 Å². The van der Waals surface area contributed by atoms with Crippen molar-refractivity contribution in [2.75, 3.05) is 11.9 Å². The van der Waals surface area contributed by atoms with Crippen LogP contribution < -0.4 is 10.6 Å². The summed E-state index contributed by atoms with van der Waals surface area (Å²) in [6.07, 6.45) is 0. The van der Waals surface area contributed by atoms with Gasteiger partial charge in [0.25, 0.3) is 5.91 Å². The fourth-order valence-corrected chi connectivity index (χ4v) is 2.69. The number of hydrogen-bond acceptors (Lipinski definition) is 1. The zero-order valence-electron chi connectivity index (χ0n) is 13.8. The van der Waals surface area contributed by atoms with Gasteiger partial charge in [-0.05, 0) is 48.0 Å². The number of carbonyl (C=O) groups excluding carboxylic acids is 1. The molecule has 3 rings (SSSR count). The van der Waals surface area contributed by atoms with Crippen LogP contribution in [0.5, 0.6) is 0 Å². The monoisotopic (exact) mass is 341 g/mol. The highest BCUT2D eigenvalue weighted by molar-refractivity contribution is 5.94. The number of halogens is 2. The van der Waals surface area contributed by atoms with Crippen molar-refractivity contribution in [3.63, 3.8) is 0 Å². The third-order valence-electron chi connectivity index (χ3n) is 4.16. The third kappa shape index (κ3) is 4.19. The van der Waals surface area contributed by atoms with E-state index in [0.29, 0.717) is 5.56 Å². The van der Waals surface area contributed by atoms with Gasteiger partial charge in [-0.2, -0.15) is 0 Å². The average Bonchev–Trinajstić information content (AvgIpc) is 2.62. The Bertz CT molecular complexity index is 911. The van der Waals surface area contributed by atoms with Gasteiger partial charge in [0.05, 0.1) is 0 Å². The first-order valence-corrected chi connectivity index (χ1v) is 8.10. The van der Waals surface area contributed by atoms with Crippen LogP contribution in [0.3, 0.4) is 0 Å². The average molecular weight is 341 g/mol. The minimum absolute atomic E-state index is 0.148. The predicted octanol–water partition coefficient (Wildman–Crippen LogP) is 3.38. The van der Waals surface area contributed by atoms with E-state index in [0.717, 1.165) is 28.6 Å². The van der Waals surface area contributed by atoms with Crippen molar-refractivity contribution >= 4 is 22.4 Å². The quantitative estimate of drug-likeness (QED) is 0.734. The summed E-state index contributed by atoms with van der Waals surface area (Å²) in [5, 5.41) is 6.80. The minimum atomic E-state index is -0.877. The van der Waals surface area contributed by atoms with Gasteiger partial charge in [-0.1, -0.05) is 30.3 Å². The van der Waals surface area contributed by atoms with Crippen LogP contribution in [0.4, 0.5) is 14.5 Å². The molecular weight excluding hydrogens is 322 g/mol. The van der Waals surface area contributed by atoms with Crippen LogP contribution >= 0.6 is 0 Å². The number of carbonyl (C=O) groups is 1. The summed E-state index contributed by atoms with van der Waals surface area (Å²) in [6.45, 7) is 2.03. The van der Waals surface area contributed by atoms with Crippen LogP contribution in [0.1, 0.15) is 18.5 Å². The van der Waals surface area contributed by atoms with Crippen LogP contribution in [-0.2, 0) is 4.79 Å². The van der Waals surface area contributed by atoms with Crippen molar-refractivity contribution < 1.29 is 18.9 Å². The maximum absolute atomic E-state index is 13.3. The molecule has 0 aliphatic rings. The fourth-order valence-electron chi connectivity index (χ4n) is 2.69. The van der Waals surface area contributed by atoms with Crippen LogP contribution in [0.2, 0.25) is 0 Å². The molecule has 128 valence electrons. The Labute approximate surface area is 144 Å². The molecule has 3 aromatic rings. The highest BCUT2D eigenvalue weighted by Crippen LogP contribution is 2.18. The van der Waals surface area contributed by atoms with Gasteiger partial charge in [-0.15, -0.1) is 0 Å². The van der Waals surface area contributed by atoms with Crippen molar-refractivity contribution in [2.24, 2.45) is 0 Å². The van der Waals surface area contributed by atoms with E-state index >= 15 is 0 Å².